The van der Waals surface area contributed by atoms with Gasteiger partial charge in [0.1, 0.15) is 16.3 Å². The van der Waals surface area contributed by atoms with Crippen LogP contribution < -0.4 is 10.8 Å². The molecule has 2 heterocycles. The van der Waals surface area contributed by atoms with Crippen molar-refractivity contribution in [2.75, 3.05) is 0 Å². The predicted molar refractivity (Wildman–Crippen MR) is 113 cm³/mol. The van der Waals surface area contributed by atoms with Gasteiger partial charge in [-0.25, -0.2) is 9.97 Å². The van der Waals surface area contributed by atoms with Gasteiger partial charge in [0.05, 0.1) is 5.41 Å². The molecular weight excluding hydrogens is 364 g/mol. The molecule has 2 aromatic heterocycles. The molecule has 1 aliphatic carbocycles. The number of aromatic nitrogens is 2. The van der Waals surface area contributed by atoms with Crippen molar-refractivity contribution in [3.63, 3.8) is 0 Å². The monoisotopic (exact) mass is 390 g/mol. The lowest BCUT2D eigenvalue weighted by atomic mass is 9.91. The molecule has 0 aliphatic heterocycles. The van der Waals surface area contributed by atoms with E-state index in [0.717, 1.165) is 65.4 Å². The molecule has 0 radical (unpaired) electrons. The average Bonchev–Trinajstić information content (AvgIpc) is 3.24. The molecule has 1 atom stereocenters. The van der Waals surface area contributed by atoms with Crippen LogP contribution in [-0.4, -0.2) is 15.8 Å². The van der Waals surface area contributed by atoms with Gasteiger partial charge in [-0.2, -0.15) is 0 Å². The van der Waals surface area contributed by atoms with E-state index in [1.54, 1.807) is 0 Å². The maximum absolute atomic E-state index is 12.2. The SMILES string of the molecule is C=CC(=O)C1(c2ccc3oc(CC(C)CCC=c4ncoc4=CC)nc3c2)CC1. The zero-order valence-electron chi connectivity index (χ0n) is 17.0. The van der Waals surface area contributed by atoms with Gasteiger partial charge < -0.3 is 8.83 Å². The summed E-state index contributed by atoms with van der Waals surface area (Å²) in [5, 5.41) is 0.900. The van der Waals surface area contributed by atoms with Crippen LogP contribution in [0, 0.1) is 5.92 Å². The Morgan fingerprint density at radius 3 is 2.93 bits per heavy atom. The number of benzene rings is 1. The second-order valence-corrected chi connectivity index (χ2v) is 7.92. The minimum absolute atomic E-state index is 0.0985. The molecule has 5 nitrogen and oxygen atoms in total. The van der Waals surface area contributed by atoms with E-state index in [2.05, 4.69) is 29.5 Å². The summed E-state index contributed by atoms with van der Waals surface area (Å²) in [6.45, 7) is 7.79. The smallest absolute Gasteiger partial charge is 0.195 e. The van der Waals surface area contributed by atoms with Crippen LogP contribution in [0.15, 0.2) is 46.1 Å². The van der Waals surface area contributed by atoms with E-state index in [1.165, 1.54) is 12.5 Å². The molecule has 1 unspecified atom stereocenters. The quantitative estimate of drug-likeness (QED) is 0.547. The first-order valence-electron chi connectivity index (χ1n) is 10.2. The number of carbonyl (C=O) groups is 1. The summed E-state index contributed by atoms with van der Waals surface area (Å²) in [5.41, 5.74) is 3.05. The lowest BCUT2D eigenvalue weighted by Crippen LogP contribution is -2.21. The first-order valence-corrected chi connectivity index (χ1v) is 10.2. The Morgan fingerprint density at radius 2 is 2.21 bits per heavy atom. The van der Waals surface area contributed by atoms with Crippen molar-refractivity contribution in [2.24, 2.45) is 5.92 Å². The first-order chi connectivity index (χ1) is 14.1. The maximum atomic E-state index is 12.2. The Balaban J connectivity index is 1.44. The number of fused-ring (bicyclic) bond motifs is 1. The first kappa shape index (κ1) is 19.4. The zero-order chi connectivity index (χ0) is 20.4. The number of nitrogens with zero attached hydrogens (tertiary/aromatic N) is 2. The molecule has 0 spiro atoms. The lowest BCUT2D eigenvalue weighted by molar-refractivity contribution is -0.116. The molecule has 0 saturated heterocycles. The van der Waals surface area contributed by atoms with Gasteiger partial charge in [-0.15, -0.1) is 0 Å². The Morgan fingerprint density at radius 1 is 1.38 bits per heavy atom. The van der Waals surface area contributed by atoms with E-state index < -0.39 is 0 Å². The molecule has 4 rings (SSSR count). The van der Waals surface area contributed by atoms with Gasteiger partial charge in [0.15, 0.2) is 23.7 Å². The van der Waals surface area contributed by atoms with Crippen molar-refractivity contribution in [2.45, 2.75) is 51.4 Å². The summed E-state index contributed by atoms with van der Waals surface area (Å²) < 4.78 is 11.3. The predicted octanol–water partition coefficient (Wildman–Crippen LogP) is 3.84. The highest BCUT2D eigenvalue weighted by molar-refractivity contribution is 6.01. The molecule has 1 aliphatic rings. The molecular formula is C24H26N2O3. The third kappa shape index (κ3) is 3.82. The van der Waals surface area contributed by atoms with Gasteiger partial charge in [0, 0.05) is 6.42 Å². The van der Waals surface area contributed by atoms with Crippen LogP contribution in [0.25, 0.3) is 23.3 Å². The van der Waals surface area contributed by atoms with Crippen LogP contribution in [0.1, 0.15) is 51.0 Å². The summed E-state index contributed by atoms with van der Waals surface area (Å²) in [5.74, 6) is 1.27. The van der Waals surface area contributed by atoms with Crippen LogP contribution in [0.5, 0.6) is 0 Å². The fourth-order valence-electron chi connectivity index (χ4n) is 3.90. The van der Waals surface area contributed by atoms with Crippen LogP contribution in [-0.2, 0) is 16.6 Å². The van der Waals surface area contributed by atoms with Crippen molar-refractivity contribution < 1.29 is 13.6 Å². The summed E-state index contributed by atoms with van der Waals surface area (Å²) >= 11 is 0. The lowest BCUT2D eigenvalue weighted by Gasteiger charge is -2.11. The fraction of sp³-hybridized carbons (Fsp3) is 0.375. The molecule has 150 valence electrons. The summed E-state index contributed by atoms with van der Waals surface area (Å²) in [6, 6.07) is 5.93. The molecule has 0 N–H and O–H groups in total. The molecule has 1 aromatic carbocycles. The molecule has 5 heteroatoms. The summed E-state index contributed by atoms with van der Waals surface area (Å²) in [6.07, 6.45) is 11.4. The largest absolute Gasteiger partial charge is 0.444 e. The summed E-state index contributed by atoms with van der Waals surface area (Å²) in [7, 11) is 0. The number of carbonyl (C=O) groups excluding carboxylic acids is 1. The van der Waals surface area contributed by atoms with Crippen LogP contribution in [0.2, 0.25) is 0 Å². The standard InChI is InChI=1S/C24H26N2O3/c1-4-20-18(25-15-28-20)8-6-7-16(3)13-23-26-19-14-17(9-10-21(19)29-23)24(11-12-24)22(27)5-2/h4-5,8-10,14-16H,2,6-7,11-13H2,1,3H3. The van der Waals surface area contributed by atoms with E-state index in [-0.39, 0.29) is 11.2 Å². The van der Waals surface area contributed by atoms with E-state index in [9.17, 15) is 4.79 Å². The number of oxazole rings is 2. The maximum Gasteiger partial charge on any atom is 0.195 e. The van der Waals surface area contributed by atoms with Crippen molar-refractivity contribution in [3.05, 3.63) is 59.5 Å². The number of hydrogen-bond donors (Lipinski definition) is 0. The van der Waals surface area contributed by atoms with Crippen LogP contribution in [0.4, 0.5) is 0 Å². The fourth-order valence-corrected chi connectivity index (χ4v) is 3.90. The molecule has 0 bridgehead atoms. The van der Waals surface area contributed by atoms with Gasteiger partial charge in [0.25, 0.3) is 0 Å². The Labute approximate surface area is 169 Å². The van der Waals surface area contributed by atoms with Gasteiger partial charge >= 0.3 is 0 Å². The summed E-state index contributed by atoms with van der Waals surface area (Å²) in [4.78, 5) is 21.1. The third-order valence-electron chi connectivity index (χ3n) is 5.80. The zero-order valence-corrected chi connectivity index (χ0v) is 17.0. The topological polar surface area (TPSA) is 69.1 Å². The number of rotatable bonds is 8. The highest BCUT2D eigenvalue weighted by Crippen LogP contribution is 2.49. The van der Waals surface area contributed by atoms with E-state index in [4.69, 9.17) is 8.83 Å². The molecule has 29 heavy (non-hydrogen) atoms. The van der Waals surface area contributed by atoms with Crippen molar-refractivity contribution in [3.8, 4) is 0 Å². The average molecular weight is 390 g/mol. The minimum atomic E-state index is -0.381. The molecule has 1 saturated carbocycles. The third-order valence-corrected chi connectivity index (χ3v) is 5.80. The minimum Gasteiger partial charge on any atom is -0.444 e. The van der Waals surface area contributed by atoms with Crippen LogP contribution in [0.3, 0.4) is 0 Å². The van der Waals surface area contributed by atoms with E-state index >= 15 is 0 Å². The molecule has 3 aromatic rings. The highest BCUT2D eigenvalue weighted by atomic mass is 16.3. The number of hydrogen-bond acceptors (Lipinski definition) is 5. The van der Waals surface area contributed by atoms with Crippen molar-refractivity contribution >= 4 is 29.0 Å². The highest BCUT2D eigenvalue weighted by Gasteiger charge is 2.49. The van der Waals surface area contributed by atoms with E-state index in [0.29, 0.717) is 5.92 Å². The second kappa shape index (κ2) is 7.82. The molecule has 0 amide bonds. The van der Waals surface area contributed by atoms with E-state index in [1.807, 2.05) is 31.2 Å². The number of allylic oxidation sites excluding steroid dienone is 1. The molecule has 1 fully saturated rings. The van der Waals surface area contributed by atoms with Gasteiger partial charge in [-0.3, -0.25) is 4.79 Å². The van der Waals surface area contributed by atoms with Crippen molar-refractivity contribution in [1.82, 2.24) is 9.97 Å². The normalized spacial score (nSPS) is 17.6. The second-order valence-electron chi connectivity index (χ2n) is 7.92. The van der Waals surface area contributed by atoms with Crippen LogP contribution >= 0.6 is 0 Å². The number of ketones is 1. The Kier molecular flexibility index (Phi) is 5.22. The van der Waals surface area contributed by atoms with Gasteiger partial charge in [-0.05, 0) is 68.4 Å². The van der Waals surface area contributed by atoms with Gasteiger partial charge in [0.2, 0.25) is 0 Å². The Bertz CT molecular complexity index is 1160. The Hall–Kier alpha value is -2.95. The van der Waals surface area contributed by atoms with Crippen molar-refractivity contribution in [1.29, 1.82) is 0 Å². The van der Waals surface area contributed by atoms with Gasteiger partial charge in [-0.1, -0.05) is 25.6 Å².